The van der Waals surface area contributed by atoms with E-state index in [2.05, 4.69) is 6.07 Å². The molecule has 0 fully saturated rings. The van der Waals surface area contributed by atoms with Gasteiger partial charge in [0.1, 0.15) is 0 Å². The van der Waals surface area contributed by atoms with Crippen LogP contribution in [0.1, 0.15) is 31.2 Å². The summed E-state index contributed by atoms with van der Waals surface area (Å²) >= 11 is 1.60. The Hall–Kier alpha value is -1.49. The van der Waals surface area contributed by atoms with Gasteiger partial charge in [-0.05, 0) is 43.1 Å². The second-order valence-corrected chi connectivity index (χ2v) is 6.29. The predicted molar refractivity (Wildman–Crippen MR) is 85.9 cm³/mol. The average molecular weight is 307 g/mol. The van der Waals surface area contributed by atoms with Crippen LogP contribution in [0.4, 0.5) is 5.69 Å². The Morgan fingerprint density at radius 1 is 1.24 bits per heavy atom. The minimum atomic E-state index is -0.749. The number of unbranched alkanes of at least 4 members (excludes halogenated alkanes) is 1. The SMILES string of the molecule is O=C(O)CCCCSCC(=O)N1CCCc2ccccc21. The van der Waals surface area contributed by atoms with Crippen LogP contribution in [-0.4, -0.2) is 35.0 Å². The molecule has 5 heteroatoms. The molecule has 0 unspecified atom stereocenters. The van der Waals surface area contributed by atoms with Crippen LogP contribution in [-0.2, 0) is 16.0 Å². The second-order valence-electron chi connectivity index (χ2n) is 5.18. The van der Waals surface area contributed by atoms with E-state index in [4.69, 9.17) is 5.11 Å². The number of aliphatic carboxylic acids is 1. The number of carbonyl (C=O) groups excluding carboxylic acids is 1. The molecule has 0 saturated carbocycles. The fourth-order valence-electron chi connectivity index (χ4n) is 2.51. The third-order valence-corrected chi connectivity index (χ3v) is 4.59. The van der Waals surface area contributed by atoms with E-state index in [1.807, 2.05) is 23.1 Å². The summed E-state index contributed by atoms with van der Waals surface area (Å²) in [5, 5.41) is 8.55. The van der Waals surface area contributed by atoms with E-state index in [1.165, 1.54) is 5.56 Å². The molecule has 1 aliphatic heterocycles. The highest BCUT2D eigenvalue weighted by Gasteiger charge is 2.21. The van der Waals surface area contributed by atoms with Crippen molar-refractivity contribution in [1.29, 1.82) is 0 Å². The minimum Gasteiger partial charge on any atom is -0.481 e. The number of rotatable bonds is 7. The van der Waals surface area contributed by atoms with E-state index in [9.17, 15) is 9.59 Å². The topological polar surface area (TPSA) is 57.6 Å². The summed E-state index contributed by atoms with van der Waals surface area (Å²) in [6.45, 7) is 0.801. The first kappa shape index (κ1) is 15.9. The number of anilines is 1. The number of nitrogens with zero attached hydrogens (tertiary/aromatic N) is 1. The van der Waals surface area contributed by atoms with Gasteiger partial charge < -0.3 is 10.0 Å². The number of aryl methyl sites for hydroxylation is 1. The maximum atomic E-state index is 12.3. The molecule has 1 heterocycles. The van der Waals surface area contributed by atoms with Crippen LogP contribution in [0.3, 0.4) is 0 Å². The molecule has 0 aliphatic carbocycles. The first-order valence-electron chi connectivity index (χ1n) is 7.36. The number of carboxylic acid groups (broad SMARTS) is 1. The lowest BCUT2D eigenvalue weighted by Crippen LogP contribution is -2.36. The van der Waals surface area contributed by atoms with Crippen LogP contribution in [0.15, 0.2) is 24.3 Å². The molecule has 2 rings (SSSR count). The lowest BCUT2D eigenvalue weighted by Gasteiger charge is -2.29. The maximum Gasteiger partial charge on any atom is 0.303 e. The van der Waals surface area contributed by atoms with Crippen molar-refractivity contribution in [3.63, 3.8) is 0 Å². The molecule has 1 amide bonds. The summed E-state index contributed by atoms with van der Waals surface area (Å²) in [4.78, 5) is 24.6. The van der Waals surface area contributed by atoms with Gasteiger partial charge >= 0.3 is 5.97 Å². The van der Waals surface area contributed by atoms with Crippen molar-refractivity contribution >= 4 is 29.3 Å². The van der Waals surface area contributed by atoms with Gasteiger partial charge in [0.05, 0.1) is 5.75 Å². The van der Waals surface area contributed by atoms with Crippen molar-refractivity contribution in [2.75, 3.05) is 23.0 Å². The number of amides is 1. The molecule has 21 heavy (non-hydrogen) atoms. The quantitative estimate of drug-likeness (QED) is 0.787. The largest absolute Gasteiger partial charge is 0.481 e. The molecular formula is C16H21NO3S. The molecule has 114 valence electrons. The Kier molecular flexibility index (Phi) is 6.11. The lowest BCUT2D eigenvalue weighted by atomic mass is 10.0. The van der Waals surface area contributed by atoms with E-state index in [-0.39, 0.29) is 12.3 Å². The Bertz CT molecular complexity index is 504. The Labute approximate surface area is 129 Å². The fourth-order valence-corrected chi connectivity index (χ4v) is 3.39. The smallest absolute Gasteiger partial charge is 0.303 e. The number of carboxylic acids is 1. The van der Waals surface area contributed by atoms with Crippen molar-refractivity contribution in [3.8, 4) is 0 Å². The third kappa shape index (κ3) is 4.77. The highest BCUT2D eigenvalue weighted by molar-refractivity contribution is 7.99. The number of para-hydroxylation sites is 1. The Morgan fingerprint density at radius 3 is 2.86 bits per heavy atom. The van der Waals surface area contributed by atoms with Gasteiger partial charge in [0.2, 0.25) is 5.91 Å². The molecule has 1 aromatic rings. The number of thioether (sulfide) groups is 1. The Morgan fingerprint density at radius 2 is 2.05 bits per heavy atom. The molecule has 0 aromatic heterocycles. The predicted octanol–water partition coefficient (Wildman–Crippen LogP) is 2.95. The summed E-state index contributed by atoms with van der Waals surface area (Å²) in [6.07, 6.45) is 3.81. The zero-order chi connectivity index (χ0) is 15.1. The molecule has 0 spiro atoms. The van der Waals surface area contributed by atoms with Gasteiger partial charge in [0.25, 0.3) is 0 Å². The minimum absolute atomic E-state index is 0.158. The van der Waals surface area contributed by atoms with Crippen LogP contribution in [0.2, 0.25) is 0 Å². The van der Waals surface area contributed by atoms with E-state index >= 15 is 0 Å². The molecule has 1 aliphatic rings. The third-order valence-electron chi connectivity index (χ3n) is 3.57. The van der Waals surface area contributed by atoms with Crippen LogP contribution in [0, 0.1) is 0 Å². The summed E-state index contributed by atoms with van der Waals surface area (Å²) in [7, 11) is 0. The summed E-state index contributed by atoms with van der Waals surface area (Å²) in [6, 6.07) is 8.10. The van der Waals surface area contributed by atoms with E-state index in [0.717, 1.165) is 37.2 Å². The molecule has 0 atom stereocenters. The molecule has 0 radical (unpaired) electrons. The van der Waals surface area contributed by atoms with Gasteiger partial charge in [0, 0.05) is 18.7 Å². The molecule has 1 N–H and O–H groups in total. The van der Waals surface area contributed by atoms with Gasteiger partial charge in [-0.15, -0.1) is 0 Å². The summed E-state index contributed by atoms with van der Waals surface area (Å²) < 4.78 is 0. The number of benzene rings is 1. The van der Waals surface area contributed by atoms with Crippen molar-refractivity contribution in [1.82, 2.24) is 0 Å². The lowest BCUT2D eigenvalue weighted by molar-refractivity contribution is -0.137. The zero-order valence-electron chi connectivity index (χ0n) is 12.1. The molecular weight excluding hydrogens is 286 g/mol. The van der Waals surface area contributed by atoms with E-state index < -0.39 is 5.97 Å². The Balaban J connectivity index is 1.76. The van der Waals surface area contributed by atoms with Crippen LogP contribution in [0.25, 0.3) is 0 Å². The van der Waals surface area contributed by atoms with Gasteiger partial charge in [-0.3, -0.25) is 9.59 Å². The number of hydrogen-bond acceptors (Lipinski definition) is 3. The van der Waals surface area contributed by atoms with Crippen molar-refractivity contribution < 1.29 is 14.7 Å². The normalized spacial score (nSPS) is 13.8. The van der Waals surface area contributed by atoms with Crippen LogP contribution in [0.5, 0.6) is 0 Å². The summed E-state index contributed by atoms with van der Waals surface area (Å²) in [5.41, 5.74) is 2.31. The fraction of sp³-hybridized carbons (Fsp3) is 0.500. The van der Waals surface area contributed by atoms with Crippen molar-refractivity contribution in [3.05, 3.63) is 29.8 Å². The first-order chi connectivity index (χ1) is 10.2. The van der Waals surface area contributed by atoms with Gasteiger partial charge in [0.15, 0.2) is 0 Å². The molecule has 4 nitrogen and oxygen atoms in total. The zero-order valence-corrected chi connectivity index (χ0v) is 12.9. The van der Waals surface area contributed by atoms with Gasteiger partial charge in [-0.2, -0.15) is 11.8 Å². The van der Waals surface area contributed by atoms with Crippen LogP contribution >= 0.6 is 11.8 Å². The first-order valence-corrected chi connectivity index (χ1v) is 8.52. The van der Waals surface area contributed by atoms with E-state index in [0.29, 0.717) is 12.2 Å². The number of carbonyl (C=O) groups is 2. The van der Waals surface area contributed by atoms with Crippen molar-refractivity contribution in [2.24, 2.45) is 0 Å². The molecule has 1 aromatic carbocycles. The highest BCUT2D eigenvalue weighted by atomic mass is 32.2. The molecule has 0 bridgehead atoms. The highest BCUT2D eigenvalue weighted by Crippen LogP contribution is 2.27. The standard InChI is InChI=1S/C16H21NO3S/c18-15(12-21-11-4-3-9-16(19)20)17-10-5-7-13-6-1-2-8-14(13)17/h1-2,6,8H,3-5,7,9-12H2,(H,19,20). The van der Waals surface area contributed by atoms with Crippen LogP contribution < -0.4 is 4.90 Å². The van der Waals surface area contributed by atoms with Gasteiger partial charge in [-0.25, -0.2) is 0 Å². The van der Waals surface area contributed by atoms with E-state index in [1.54, 1.807) is 11.8 Å². The van der Waals surface area contributed by atoms with Crippen molar-refractivity contribution in [2.45, 2.75) is 32.1 Å². The van der Waals surface area contributed by atoms with Gasteiger partial charge in [-0.1, -0.05) is 18.2 Å². The number of hydrogen-bond donors (Lipinski definition) is 1. The number of fused-ring (bicyclic) bond motifs is 1. The monoisotopic (exact) mass is 307 g/mol. The second kappa shape index (κ2) is 8.08. The maximum absolute atomic E-state index is 12.3. The average Bonchev–Trinajstić information content (AvgIpc) is 2.49. The summed E-state index contributed by atoms with van der Waals surface area (Å²) in [5.74, 6) is 0.724. The molecule has 0 saturated heterocycles.